The lowest BCUT2D eigenvalue weighted by Crippen LogP contribution is -1.92. The monoisotopic (exact) mass is 229 g/mol. The molecule has 1 heterocycles. The number of para-hydroxylation sites is 1. The van der Waals surface area contributed by atoms with Crippen molar-refractivity contribution in [1.29, 1.82) is 0 Å². The molecule has 0 amide bonds. The van der Waals surface area contributed by atoms with Crippen LogP contribution in [0.4, 0.5) is 8.78 Å². The van der Waals surface area contributed by atoms with Gasteiger partial charge in [-0.3, -0.25) is 0 Å². The molecule has 2 aromatic rings. The molecule has 5 heteroatoms. The molecule has 1 N–H and O–H groups in total. The Balaban J connectivity index is 2.78. The fraction of sp³-hybridized carbons (Fsp3) is 0.100. The molecule has 1 aromatic heterocycles. The number of alkyl halides is 2. The van der Waals surface area contributed by atoms with Gasteiger partial charge in [-0.1, -0.05) is 23.7 Å². The van der Waals surface area contributed by atoms with Crippen LogP contribution in [0.1, 0.15) is 12.1 Å². The van der Waals surface area contributed by atoms with Crippen LogP contribution in [0.2, 0.25) is 5.02 Å². The summed E-state index contributed by atoms with van der Waals surface area (Å²) < 4.78 is 24.8. The van der Waals surface area contributed by atoms with Crippen LogP contribution < -0.4 is 0 Å². The maximum Gasteiger partial charge on any atom is 0.284 e. The summed E-state index contributed by atoms with van der Waals surface area (Å²) in [5, 5.41) is 10.1. The van der Waals surface area contributed by atoms with Gasteiger partial charge in [0.2, 0.25) is 0 Å². The van der Waals surface area contributed by atoms with Crippen molar-refractivity contribution in [2.24, 2.45) is 0 Å². The summed E-state index contributed by atoms with van der Waals surface area (Å²) in [5.41, 5.74) is -0.372. The van der Waals surface area contributed by atoms with Crippen LogP contribution in [-0.2, 0) is 0 Å². The van der Waals surface area contributed by atoms with Gasteiger partial charge >= 0.3 is 0 Å². The Morgan fingerprint density at radius 1 is 1.33 bits per heavy atom. The number of hydrogen-bond acceptors (Lipinski definition) is 2. The van der Waals surface area contributed by atoms with Gasteiger partial charge in [0.25, 0.3) is 6.43 Å². The lowest BCUT2D eigenvalue weighted by Gasteiger charge is -2.05. The van der Waals surface area contributed by atoms with E-state index in [-0.39, 0.29) is 10.5 Å². The highest BCUT2D eigenvalue weighted by atomic mass is 35.5. The average molecular weight is 230 g/mol. The lowest BCUT2D eigenvalue weighted by atomic mass is 10.2. The van der Waals surface area contributed by atoms with E-state index in [4.69, 9.17) is 11.6 Å². The quantitative estimate of drug-likeness (QED) is 0.812. The van der Waals surface area contributed by atoms with Gasteiger partial charge in [0.15, 0.2) is 0 Å². The molecule has 0 spiro atoms. The van der Waals surface area contributed by atoms with Crippen LogP contribution >= 0.6 is 11.6 Å². The third-order valence-corrected chi connectivity index (χ3v) is 2.32. The maximum atomic E-state index is 12.4. The van der Waals surface area contributed by atoms with E-state index in [1.165, 1.54) is 6.07 Å². The molecule has 0 aliphatic rings. The van der Waals surface area contributed by atoms with E-state index in [9.17, 15) is 13.9 Å². The van der Waals surface area contributed by atoms with Crippen LogP contribution in [0.5, 0.6) is 5.75 Å². The number of pyridine rings is 1. The first-order valence-electron chi connectivity index (χ1n) is 4.16. The standard InChI is InChI=1S/C10H6ClF2NO/c11-6-3-1-2-5-4-7(15)9(10(12)13)14-8(5)6/h1-4,10,15H. The zero-order valence-electron chi connectivity index (χ0n) is 7.42. The number of nitrogens with zero attached hydrogens (tertiary/aromatic N) is 1. The second-order valence-corrected chi connectivity index (χ2v) is 3.41. The molecule has 2 rings (SSSR count). The molecular weight excluding hydrogens is 224 g/mol. The van der Waals surface area contributed by atoms with Crippen LogP contribution in [0.15, 0.2) is 24.3 Å². The van der Waals surface area contributed by atoms with Crippen molar-refractivity contribution in [1.82, 2.24) is 4.98 Å². The average Bonchev–Trinajstić information content (AvgIpc) is 2.16. The molecule has 1 aromatic carbocycles. The fourth-order valence-electron chi connectivity index (χ4n) is 1.33. The van der Waals surface area contributed by atoms with Crippen molar-refractivity contribution in [3.8, 4) is 5.75 Å². The highest BCUT2D eigenvalue weighted by Crippen LogP contribution is 2.31. The predicted octanol–water partition coefficient (Wildman–Crippen LogP) is 3.53. The molecule has 0 bridgehead atoms. The number of hydrogen-bond donors (Lipinski definition) is 1. The summed E-state index contributed by atoms with van der Waals surface area (Å²) >= 11 is 5.80. The number of aromatic nitrogens is 1. The minimum absolute atomic E-state index is 0.271. The van der Waals surface area contributed by atoms with Crippen LogP contribution in [0.3, 0.4) is 0 Å². The molecule has 15 heavy (non-hydrogen) atoms. The zero-order valence-corrected chi connectivity index (χ0v) is 8.17. The van der Waals surface area contributed by atoms with Crippen molar-refractivity contribution in [2.75, 3.05) is 0 Å². The van der Waals surface area contributed by atoms with Gasteiger partial charge in [-0.25, -0.2) is 13.8 Å². The lowest BCUT2D eigenvalue weighted by molar-refractivity contribution is 0.142. The molecule has 2 nitrogen and oxygen atoms in total. The number of rotatable bonds is 1. The van der Waals surface area contributed by atoms with Crippen molar-refractivity contribution < 1.29 is 13.9 Å². The van der Waals surface area contributed by atoms with Gasteiger partial charge < -0.3 is 5.11 Å². The number of fused-ring (bicyclic) bond motifs is 1. The fourth-order valence-corrected chi connectivity index (χ4v) is 1.55. The first-order chi connectivity index (χ1) is 7.09. The molecule has 0 radical (unpaired) electrons. The van der Waals surface area contributed by atoms with Crippen molar-refractivity contribution in [3.05, 3.63) is 35.0 Å². The Bertz CT molecular complexity index is 516. The third kappa shape index (κ3) is 1.72. The third-order valence-electron chi connectivity index (χ3n) is 2.01. The van der Waals surface area contributed by atoms with Crippen molar-refractivity contribution in [2.45, 2.75) is 6.43 Å². The van der Waals surface area contributed by atoms with E-state index in [0.29, 0.717) is 5.39 Å². The minimum Gasteiger partial charge on any atom is -0.506 e. The zero-order chi connectivity index (χ0) is 11.0. The SMILES string of the molecule is Oc1cc2cccc(Cl)c2nc1C(F)F. The molecule has 78 valence electrons. The smallest absolute Gasteiger partial charge is 0.284 e. The summed E-state index contributed by atoms with van der Waals surface area (Å²) in [4.78, 5) is 3.64. The summed E-state index contributed by atoms with van der Waals surface area (Å²) in [6, 6.07) is 6.09. The van der Waals surface area contributed by atoms with Gasteiger partial charge in [-0.15, -0.1) is 0 Å². The molecular formula is C10H6ClF2NO. The van der Waals surface area contributed by atoms with Gasteiger partial charge in [-0.2, -0.15) is 0 Å². The van der Waals surface area contributed by atoms with E-state index in [1.54, 1.807) is 18.2 Å². The van der Waals surface area contributed by atoms with Gasteiger partial charge in [0.05, 0.1) is 10.5 Å². The molecule has 0 saturated heterocycles. The van der Waals surface area contributed by atoms with Gasteiger partial charge in [0, 0.05) is 5.39 Å². The molecule has 0 saturated carbocycles. The molecule has 0 atom stereocenters. The van der Waals surface area contributed by atoms with E-state index >= 15 is 0 Å². The Hall–Kier alpha value is -1.42. The number of benzene rings is 1. The van der Waals surface area contributed by atoms with E-state index in [2.05, 4.69) is 4.98 Å². The first-order valence-corrected chi connectivity index (χ1v) is 4.53. The first kappa shape index (κ1) is 10.1. The van der Waals surface area contributed by atoms with E-state index in [0.717, 1.165) is 0 Å². The minimum atomic E-state index is -2.81. The van der Waals surface area contributed by atoms with Crippen molar-refractivity contribution >= 4 is 22.5 Å². The highest BCUT2D eigenvalue weighted by Gasteiger charge is 2.16. The number of aromatic hydroxyl groups is 1. The predicted molar refractivity (Wildman–Crippen MR) is 53.4 cm³/mol. The Morgan fingerprint density at radius 3 is 2.73 bits per heavy atom. The topological polar surface area (TPSA) is 33.1 Å². The van der Waals surface area contributed by atoms with E-state index in [1.807, 2.05) is 0 Å². The largest absolute Gasteiger partial charge is 0.506 e. The van der Waals surface area contributed by atoms with E-state index < -0.39 is 17.9 Å². The summed E-state index contributed by atoms with van der Waals surface area (Å²) in [7, 11) is 0. The molecule has 0 fully saturated rings. The second-order valence-electron chi connectivity index (χ2n) is 3.00. The van der Waals surface area contributed by atoms with Gasteiger partial charge in [0.1, 0.15) is 11.4 Å². The van der Waals surface area contributed by atoms with Crippen LogP contribution in [0, 0.1) is 0 Å². The van der Waals surface area contributed by atoms with Crippen molar-refractivity contribution in [3.63, 3.8) is 0 Å². The normalized spacial score (nSPS) is 11.2. The molecule has 0 aliphatic carbocycles. The Morgan fingerprint density at radius 2 is 2.07 bits per heavy atom. The number of halogens is 3. The highest BCUT2D eigenvalue weighted by molar-refractivity contribution is 6.35. The van der Waals surface area contributed by atoms with Gasteiger partial charge in [-0.05, 0) is 12.1 Å². The summed E-state index contributed by atoms with van der Waals surface area (Å²) in [6.07, 6.45) is -2.81. The van der Waals surface area contributed by atoms with Crippen LogP contribution in [0.25, 0.3) is 10.9 Å². The van der Waals surface area contributed by atoms with Crippen LogP contribution in [-0.4, -0.2) is 10.1 Å². The second kappa shape index (κ2) is 3.62. The summed E-state index contributed by atoms with van der Waals surface area (Å²) in [5.74, 6) is -0.514. The Labute approximate surface area is 89.1 Å². The maximum absolute atomic E-state index is 12.4. The Kier molecular flexibility index (Phi) is 2.44. The molecule has 0 aliphatic heterocycles. The molecule has 0 unspecified atom stereocenters. The summed E-state index contributed by atoms with van der Waals surface area (Å²) in [6.45, 7) is 0.